The number of nitrogen functional groups attached to an aromatic ring is 1. The lowest BCUT2D eigenvalue weighted by Gasteiger charge is -2.49. The number of ether oxygens (including phenoxy) is 1. The van der Waals surface area contributed by atoms with E-state index in [1.165, 1.54) is 28.0 Å². The maximum absolute atomic E-state index is 9.87. The zero-order valence-electron chi connectivity index (χ0n) is 16.9. The highest BCUT2D eigenvalue weighted by Crippen LogP contribution is 2.53. The fraction of sp³-hybridized carbons (Fsp3) is 0.476. The summed E-state index contributed by atoms with van der Waals surface area (Å²) >= 11 is 2.90. The molecule has 2 fully saturated rings. The van der Waals surface area contributed by atoms with E-state index in [1.54, 1.807) is 0 Å². The van der Waals surface area contributed by atoms with E-state index < -0.39 is 5.41 Å². The van der Waals surface area contributed by atoms with Gasteiger partial charge in [-0.25, -0.2) is 4.98 Å². The van der Waals surface area contributed by atoms with Crippen molar-refractivity contribution >= 4 is 33.9 Å². The largest absolute Gasteiger partial charge is 0.475 e. The minimum Gasteiger partial charge on any atom is -0.475 e. The van der Waals surface area contributed by atoms with E-state index in [1.807, 2.05) is 6.26 Å². The highest BCUT2D eigenvalue weighted by atomic mass is 32.2. The molecule has 1 spiro atoms. The van der Waals surface area contributed by atoms with Crippen molar-refractivity contribution in [3.8, 4) is 24.1 Å². The van der Waals surface area contributed by atoms with Gasteiger partial charge in [0.25, 0.3) is 0 Å². The lowest BCUT2D eigenvalue weighted by molar-refractivity contribution is 0.255. The van der Waals surface area contributed by atoms with Gasteiger partial charge in [0.15, 0.2) is 16.5 Å². The summed E-state index contributed by atoms with van der Waals surface area (Å²) < 4.78 is 5.87. The minimum atomic E-state index is -0.453. The van der Waals surface area contributed by atoms with E-state index in [2.05, 4.69) is 33.1 Å². The standard InChI is InChI=1S/C21H19N7OS2/c1-30-19-26-17(13(7-23)18(27-19)29-11-20(8-24)4-5-20)28-9-21(10-28)3-2-14-15(21)12(6-22)16(25)31-14/h2-5,9-11,25H2,1H3. The molecule has 0 atom stereocenters. The molecule has 1 aliphatic heterocycles. The average molecular weight is 450 g/mol. The molecule has 0 aromatic carbocycles. The number of aromatic nitrogens is 2. The summed E-state index contributed by atoms with van der Waals surface area (Å²) in [5.41, 5.74) is 7.50. The second kappa shape index (κ2) is 7.02. The Hall–Kier alpha value is -3.00. The Morgan fingerprint density at radius 1 is 1.16 bits per heavy atom. The van der Waals surface area contributed by atoms with Crippen LogP contribution in [0.3, 0.4) is 0 Å². The number of nitriles is 3. The first-order chi connectivity index (χ1) is 15.0. The van der Waals surface area contributed by atoms with Crippen molar-refractivity contribution in [3.05, 3.63) is 21.6 Å². The SMILES string of the molecule is CSc1nc(OCC2(C#N)CC2)c(C#N)c(N2CC3(CCc4sc(N)c(C#N)c43)C2)n1. The molecule has 0 unspecified atom stereocenters. The molecule has 156 valence electrons. The van der Waals surface area contributed by atoms with Crippen molar-refractivity contribution in [2.24, 2.45) is 5.41 Å². The Morgan fingerprint density at radius 2 is 1.90 bits per heavy atom. The number of aryl methyl sites for hydroxylation is 1. The number of nitrogens with zero attached hydrogens (tertiary/aromatic N) is 6. The van der Waals surface area contributed by atoms with Gasteiger partial charge in [0.2, 0.25) is 5.88 Å². The fourth-order valence-corrected chi connectivity index (χ4v) is 6.04. The summed E-state index contributed by atoms with van der Waals surface area (Å²) in [7, 11) is 0. The average Bonchev–Trinajstić information content (AvgIpc) is 3.35. The molecule has 2 aliphatic carbocycles. The van der Waals surface area contributed by atoms with Crippen LogP contribution in [0, 0.1) is 39.4 Å². The predicted octanol–water partition coefficient (Wildman–Crippen LogP) is 2.97. The van der Waals surface area contributed by atoms with Crippen molar-refractivity contribution in [1.29, 1.82) is 15.8 Å². The molecule has 1 saturated heterocycles. The Labute approximate surface area is 188 Å². The minimum absolute atomic E-state index is 0.119. The van der Waals surface area contributed by atoms with Crippen molar-refractivity contribution in [2.75, 3.05) is 36.6 Å². The third kappa shape index (κ3) is 3.00. The number of thioether (sulfide) groups is 1. The molecule has 0 bridgehead atoms. The van der Waals surface area contributed by atoms with Crippen molar-refractivity contribution < 1.29 is 4.74 Å². The molecular weight excluding hydrogens is 430 g/mol. The highest BCUT2D eigenvalue weighted by molar-refractivity contribution is 7.98. The van der Waals surface area contributed by atoms with Gasteiger partial charge >= 0.3 is 0 Å². The number of nitrogens with two attached hydrogens (primary N) is 1. The summed E-state index contributed by atoms with van der Waals surface area (Å²) in [5, 5.41) is 29.9. The van der Waals surface area contributed by atoms with Gasteiger partial charge in [-0.1, -0.05) is 11.8 Å². The Bertz CT molecular complexity index is 1210. The van der Waals surface area contributed by atoms with Crippen molar-refractivity contribution in [3.63, 3.8) is 0 Å². The number of hydrogen-bond donors (Lipinski definition) is 1. The highest BCUT2D eigenvalue weighted by Gasteiger charge is 2.52. The number of anilines is 2. The molecule has 2 aromatic rings. The molecule has 3 aliphatic rings. The van der Waals surface area contributed by atoms with Gasteiger partial charge in [0.05, 0.1) is 17.0 Å². The van der Waals surface area contributed by atoms with Gasteiger partial charge in [-0.2, -0.15) is 20.8 Å². The zero-order valence-corrected chi connectivity index (χ0v) is 18.6. The van der Waals surface area contributed by atoms with Gasteiger partial charge in [0, 0.05) is 23.4 Å². The summed E-state index contributed by atoms with van der Waals surface area (Å²) in [4.78, 5) is 12.3. The smallest absolute Gasteiger partial charge is 0.238 e. The second-order valence-corrected chi connectivity index (χ2v) is 10.3. The molecular formula is C21H19N7OS2. The van der Waals surface area contributed by atoms with Crippen LogP contribution in [-0.4, -0.2) is 35.9 Å². The lowest BCUT2D eigenvalue weighted by atomic mass is 9.74. The Kier molecular flexibility index (Phi) is 4.51. The van der Waals surface area contributed by atoms with E-state index >= 15 is 0 Å². The van der Waals surface area contributed by atoms with Crippen LogP contribution in [0.2, 0.25) is 0 Å². The van der Waals surface area contributed by atoms with E-state index in [9.17, 15) is 15.8 Å². The monoisotopic (exact) mass is 449 g/mol. The Morgan fingerprint density at radius 3 is 2.52 bits per heavy atom. The molecule has 1 saturated carbocycles. The summed E-state index contributed by atoms with van der Waals surface area (Å²) in [6, 6.07) is 6.80. The zero-order chi connectivity index (χ0) is 21.8. The molecule has 10 heteroatoms. The number of fused-ring (bicyclic) bond motifs is 2. The van der Waals surface area contributed by atoms with Crippen molar-refractivity contribution in [1.82, 2.24) is 9.97 Å². The first kappa shape index (κ1) is 19.9. The van der Waals surface area contributed by atoms with Gasteiger partial charge in [0.1, 0.15) is 23.7 Å². The molecule has 2 aromatic heterocycles. The predicted molar refractivity (Wildman–Crippen MR) is 117 cm³/mol. The molecule has 5 rings (SSSR count). The van der Waals surface area contributed by atoms with Crippen LogP contribution in [-0.2, 0) is 11.8 Å². The third-order valence-corrected chi connectivity index (χ3v) is 8.10. The molecule has 3 heterocycles. The molecule has 0 radical (unpaired) electrons. The van der Waals surface area contributed by atoms with Crippen LogP contribution in [0.5, 0.6) is 5.88 Å². The van der Waals surface area contributed by atoms with Crippen LogP contribution in [0.1, 0.15) is 40.8 Å². The molecule has 8 nitrogen and oxygen atoms in total. The molecule has 31 heavy (non-hydrogen) atoms. The second-order valence-electron chi connectivity index (χ2n) is 8.39. The maximum atomic E-state index is 9.87. The van der Waals surface area contributed by atoms with Crippen LogP contribution in [0.15, 0.2) is 5.16 Å². The van der Waals surface area contributed by atoms with Gasteiger partial charge in [-0.3, -0.25) is 0 Å². The molecule has 0 amide bonds. The van der Waals surface area contributed by atoms with Crippen molar-refractivity contribution in [2.45, 2.75) is 36.3 Å². The summed E-state index contributed by atoms with van der Waals surface area (Å²) in [6.07, 6.45) is 5.38. The summed E-state index contributed by atoms with van der Waals surface area (Å²) in [6.45, 7) is 1.58. The summed E-state index contributed by atoms with van der Waals surface area (Å²) in [5.74, 6) is 0.795. The maximum Gasteiger partial charge on any atom is 0.238 e. The normalized spacial score (nSPS) is 19.1. The van der Waals surface area contributed by atoms with Crippen LogP contribution in [0.4, 0.5) is 10.8 Å². The third-order valence-electron chi connectivity index (χ3n) is 6.47. The first-order valence-corrected chi connectivity index (χ1v) is 12.0. The van der Waals surface area contributed by atoms with Gasteiger partial charge in [-0.15, -0.1) is 11.3 Å². The van der Waals surface area contributed by atoms with Gasteiger partial charge in [-0.05, 0) is 37.5 Å². The van der Waals surface area contributed by atoms with Crippen LogP contribution in [0.25, 0.3) is 0 Å². The number of hydrogen-bond acceptors (Lipinski definition) is 10. The van der Waals surface area contributed by atoms with Crippen LogP contribution < -0.4 is 15.4 Å². The van der Waals surface area contributed by atoms with Crippen LogP contribution >= 0.6 is 23.1 Å². The quantitative estimate of drug-likeness (QED) is 0.539. The van der Waals surface area contributed by atoms with E-state index in [-0.39, 0.29) is 17.9 Å². The fourth-order valence-electron chi connectivity index (χ4n) is 4.55. The molecule has 2 N–H and O–H groups in total. The van der Waals surface area contributed by atoms with E-state index in [4.69, 9.17) is 10.5 Å². The number of thiophene rings is 1. The topological polar surface area (TPSA) is 136 Å². The number of rotatable bonds is 5. The van der Waals surface area contributed by atoms with Gasteiger partial charge < -0.3 is 15.4 Å². The Balaban J connectivity index is 1.45. The van der Waals surface area contributed by atoms with E-state index in [0.29, 0.717) is 40.2 Å². The lowest BCUT2D eigenvalue weighted by Crippen LogP contribution is -2.59. The first-order valence-electron chi connectivity index (χ1n) is 9.95. The van der Waals surface area contributed by atoms with E-state index in [0.717, 1.165) is 31.2 Å².